The number of nitrogens with one attached hydrogen (secondary N) is 1. The second-order valence-electron chi connectivity index (χ2n) is 7.26. The Morgan fingerprint density at radius 1 is 1.30 bits per heavy atom. The van der Waals surface area contributed by atoms with Gasteiger partial charge in [-0.3, -0.25) is 0 Å². The SMILES string of the molecule is CC1(C)CSCC2(CCNCC2c2cccc(Br)c2)C1. The van der Waals surface area contributed by atoms with Crippen molar-refractivity contribution in [3.05, 3.63) is 34.3 Å². The number of thioether (sulfide) groups is 1. The van der Waals surface area contributed by atoms with Crippen molar-refractivity contribution in [1.29, 1.82) is 0 Å². The second kappa shape index (κ2) is 5.66. The molecule has 3 heteroatoms. The summed E-state index contributed by atoms with van der Waals surface area (Å²) in [5, 5.41) is 3.63. The highest BCUT2D eigenvalue weighted by molar-refractivity contribution is 9.10. The summed E-state index contributed by atoms with van der Waals surface area (Å²) < 4.78 is 1.21. The normalized spacial score (nSPS) is 33.2. The van der Waals surface area contributed by atoms with Crippen LogP contribution < -0.4 is 5.32 Å². The number of hydrogen-bond donors (Lipinski definition) is 1. The summed E-state index contributed by atoms with van der Waals surface area (Å²) >= 11 is 5.81. The second-order valence-corrected chi connectivity index (χ2v) is 9.16. The molecule has 2 aliphatic heterocycles. The van der Waals surface area contributed by atoms with Crippen LogP contribution in [0.1, 0.15) is 38.2 Å². The highest BCUT2D eigenvalue weighted by Crippen LogP contribution is 2.54. The van der Waals surface area contributed by atoms with Gasteiger partial charge in [0.05, 0.1) is 0 Å². The van der Waals surface area contributed by atoms with E-state index in [2.05, 4.69) is 71.1 Å². The van der Waals surface area contributed by atoms with Crippen LogP contribution in [0.5, 0.6) is 0 Å². The molecule has 3 rings (SSSR count). The maximum atomic E-state index is 3.64. The molecule has 2 unspecified atom stereocenters. The van der Waals surface area contributed by atoms with Gasteiger partial charge in [0.15, 0.2) is 0 Å². The van der Waals surface area contributed by atoms with Gasteiger partial charge in [0.1, 0.15) is 0 Å². The van der Waals surface area contributed by atoms with Crippen LogP contribution in [0.3, 0.4) is 0 Å². The Hall–Kier alpha value is 0.01000. The molecule has 2 atom stereocenters. The summed E-state index contributed by atoms with van der Waals surface area (Å²) in [4.78, 5) is 0. The van der Waals surface area contributed by atoms with Crippen LogP contribution in [-0.4, -0.2) is 24.6 Å². The lowest BCUT2D eigenvalue weighted by molar-refractivity contribution is 0.115. The maximum absolute atomic E-state index is 3.64. The largest absolute Gasteiger partial charge is 0.316 e. The minimum Gasteiger partial charge on any atom is -0.316 e. The van der Waals surface area contributed by atoms with E-state index in [0.29, 0.717) is 16.7 Å². The van der Waals surface area contributed by atoms with Gasteiger partial charge in [-0.25, -0.2) is 0 Å². The molecule has 0 amide bonds. The molecule has 0 radical (unpaired) electrons. The molecular weight excluding hydrogens is 330 g/mol. The third-order valence-electron chi connectivity index (χ3n) is 4.85. The predicted molar refractivity (Wildman–Crippen MR) is 92.5 cm³/mol. The average Bonchev–Trinajstić information content (AvgIpc) is 2.37. The molecule has 1 nitrogen and oxygen atoms in total. The molecule has 0 aliphatic carbocycles. The van der Waals surface area contributed by atoms with Gasteiger partial charge in [-0.1, -0.05) is 41.9 Å². The van der Waals surface area contributed by atoms with E-state index in [1.807, 2.05) is 0 Å². The van der Waals surface area contributed by atoms with Gasteiger partial charge >= 0.3 is 0 Å². The fraction of sp³-hybridized carbons (Fsp3) is 0.647. The van der Waals surface area contributed by atoms with Crippen LogP contribution in [0.25, 0.3) is 0 Å². The monoisotopic (exact) mass is 353 g/mol. The summed E-state index contributed by atoms with van der Waals surface area (Å²) in [7, 11) is 0. The summed E-state index contributed by atoms with van der Waals surface area (Å²) in [6.07, 6.45) is 2.69. The first-order valence-corrected chi connectivity index (χ1v) is 9.50. The fourth-order valence-corrected chi connectivity index (χ4v) is 6.17. The highest BCUT2D eigenvalue weighted by Gasteiger charge is 2.47. The van der Waals surface area contributed by atoms with Gasteiger partial charge in [-0.15, -0.1) is 0 Å². The smallest absolute Gasteiger partial charge is 0.0178 e. The first kappa shape index (κ1) is 14.9. The molecule has 2 saturated heterocycles. The molecule has 0 bridgehead atoms. The standard InChI is InChI=1S/C17H24BrNS/c1-16(2)10-17(12-20-11-16)6-7-19-9-15(17)13-4-3-5-14(18)8-13/h3-5,8,15,19H,6-7,9-12H2,1-2H3. The zero-order valence-electron chi connectivity index (χ0n) is 12.4. The van der Waals surface area contributed by atoms with Crippen LogP contribution in [0.4, 0.5) is 0 Å². The molecule has 2 heterocycles. The van der Waals surface area contributed by atoms with Crippen molar-refractivity contribution in [2.75, 3.05) is 24.6 Å². The van der Waals surface area contributed by atoms with Gasteiger partial charge in [0.25, 0.3) is 0 Å². The Balaban J connectivity index is 1.94. The molecule has 20 heavy (non-hydrogen) atoms. The third kappa shape index (κ3) is 2.95. The molecule has 1 aromatic carbocycles. The van der Waals surface area contributed by atoms with E-state index in [1.165, 1.54) is 40.9 Å². The molecule has 110 valence electrons. The summed E-state index contributed by atoms with van der Waals surface area (Å²) in [6, 6.07) is 8.96. The van der Waals surface area contributed by atoms with Crippen molar-refractivity contribution in [2.45, 2.75) is 32.6 Å². The van der Waals surface area contributed by atoms with E-state index >= 15 is 0 Å². The lowest BCUT2D eigenvalue weighted by Gasteiger charge is -2.51. The quantitative estimate of drug-likeness (QED) is 0.786. The third-order valence-corrected chi connectivity index (χ3v) is 7.11. The Morgan fingerprint density at radius 2 is 2.15 bits per heavy atom. The lowest BCUT2D eigenvalue weighted by Crippen LogP contribution is -2.49. The molecule has 2 fully saturated rings. The molecule has 0 aromatic heterocycles. The van der Waals surface area contributed by atoms with Gasteiger partial charge in [-0.2, -0.15) is 11.8 Å². The molecule has 1 spiro atoms. The van der Waals surface area contributed by atoms with Gasteiger partial charge in [0.2, 0.25) is 0 Å². The zero-order chi connectivity index (χ0) is 14.2. The Morgan fingerprint density at radius 3 is 2.90 bits per heavy atom. The van der Waals surface area contributed by atoms with Crippen molar-refractivity contribution in [2.24, 2.45) is 10.8 Å². The molecule has 1 N–H and O–H groups in total. The van der Waals surface area contributed by atoms with E-state index in [9.17, 15) is 0 Å². The lowest BCUT2D eigenvalue weighted by atomic mass is 9.62. The number of piperidine rings is 1. The van der Waals surface area contributed by atoms with Crippen LogP contribution >= 0.6 is 27.7 Å². The number of hydrogen-bond acceptors (Lipinski definition) is 2. The van der Waals surface area contributed by atoms with Gasteiger partial charge in [-0.05, 0) is 59.4 Å². The maximum Gasteiger partial charge on any atom is 0.0178 e. The van der Waals surface area contributed by atoms with Crippen molar-refractivity contribution in [3.63, 3.8) is 0 Å². The van der Waals surface area contributed by atoms with E-state index in [-0.39, 0.29) is 0 Å². The number of rotatable bonds is 1. The number of halogens is 1. The van der Waals surface area contributed by atoms with Crippen molar-refractivity contribution >= 4 is 27.7 Å². The Bertz CT molecular complexity index is 484. The van der Waals surface area contributed by atoms with Crippen LogP contribution in [0, 0.1) is 10.8 Å². The Labute approximate surface area is 135 Å². The summed E-state index contributed by atoms with van der Waals surface area (Å²) in [6.45, 7) is 7.20. The Kier molecular flexibility index (Phi) is 4.22. The average molecular weight is 354 g/mol. The van der Waals surface area contributed by atoms with Crippen molar-refractivity contribution in [3.8, 4) is 0 Å². The number of benzene rings is 1. The first-order chi connectivity index (χ1) is 9.51. The summed E-state index contributed by atoms with van der Waals surface area (Å²) in [5.41, 5.74) is 2.47. The zero-order valence-corrected chi connectivity index (χ0v) is 14.8. The van der Waals surface area contributed by atoms with E-state index in [1.54, 1.807) is 0 Å². The van der Waals surface area contributed by atoms with Crippen molar-refractivity contribution in [1.82, 2.24) is 5.32 Å². The van der Waals surface area contributed by atoms with E-state index < -0.39 is 0 Å². The van der Waals surface area contributed by atoms with Crippen LogP contribution in [0.15, 0.2) is 28.7 Å². The minimum atomic E-state index is 0.477. The molecule has 2 aliphatic rings. The topological polar surface area (TPSA) is 12.0 Å². The minimum absolute atomic E-state index is 0.477. The first-order valence-electron chi connectivity index (χ1n) is 7.55. The van der Waals surface area contributed by atoms with E-state index in [0.717, 1.165) is 6.54 Å². The molecule has 0 saturated carbocycles. The van der Waals surface area contributed by atoms with Gasteiger partial charge < -0.3 is 5.32 Å². The predicted octanol–water partition coefficient (Wildman–Crippen LogP) is 4.68. The molecule has 1 aromatic rings. The fourth-order valence-electron chi connectivity index (χ4n) is 4.14. The molecular formula is C17H24BrNS. The van der Waals surface area contributed by atoms with E-state index in [4.69, 9.17) is 0 Å². The van der Waals surface area contributed by atoms with Crippen LogP contribution in [0.2, 0.25) is 0 Å². The highest BCUT2D eigenvalue weighted by atomic mass is 79.9. The van der Waals surface area contributed by atoms with Crippen LogP contribution in [-0.2, 0) is 0 Å². The van der Waals surface area contributed by atoms with Gasteiger partial charge in [0, 0.05) is 16.9 Å². The van der Waals surface area contributed by atoms with Crippen molar-refractivity contribution < 1.29 is 0 Å². The summed E-state index contributed by atoms with van der Waals surface area (Å²) in [5.74, 6) is 3.30.